The summed E-state index contributed by atoms with van der Waals surface area (Å²) < 4.78 is 38.5. The first-order valence-corrected chi connectivity index (χ1v) is 9.19. The lowest BCUT2D eigenvalue weighted by Gasteiger charge is -2.23. The molecule has 0 bridgehead atoms. The highest BCUT2D eigenvalue weighted by Gasteiger charge is 2.38. The van der Waals surface area contributed by atoms with Crippen molar-refractivity contribution in [3.63, 3.8) is 0 Å². The topological polar surface area (TPSA) is 121 Å². The van der Waals surface area contributed by atoms with Crippen LogP contribution in [0.25, 0.3) is 0 Å². The van der Waals surface area contributed by atoms with Gasteiger partial charge in [0.2, 0.25) is 5.91 Å². The first kappa shape index (κ1) is 20.9. The predicted molar refractivity (Wildman–Crippen MR) is 94.4 cm³/mol. The second-order valence-electron chi connectivity index (χ2n) is 5.99. The van der Waals surface area contributed by atoms with E-state index in [9.17, 15) is 22.8 Å². The molecule has 1 aromatic rings. The van der Waals surface area contributed by atoms with Crippen molar-refractivity contribution >= 4 is 28.9 Å². The van der Waals surface area contributed by atoms with Gasteiger partial charge in [0.1, 0.15) is 16.4 Å². The third-order valence-electron chi connectivity index (χ3n) is 3.95. The highest BCUT2D eigenvalue weighted by atomic mass is 32.1. The number of rotatable bonds is 8. The van der Waals surface area contributed by atoms with Crippen molar-refractivity contribution in [2.75, 3.05) is 6.54 Å². The van der Waals surface area contributed by atoms with Crippen LogP contribution in [-0.4, -0.2) is 35.2 Å². The standard InChI is InChI=1S/C16H20F3N5O2S/c17-16(18,19)14(21)9-3-1-2-4-10(9)23-7-13-24-11(8-27-13)15(26)22-6-5-12(20)25/h8,21,23H,1-7H2,(H2,20,25)(H,22,26). The zero-order chi connectivity index (χ0) is 20.0. The second kappa shape index (κ2) is 8.98. The molecular formula is C16H20F3N5O2S. The van der Waals surface area contributed by atoms with Crippen LogP contribution in [0.1, 0.15) is 47.6 Å². The first-order valence-electron chi connectivity index (χ1n) is 8.31. The third kappa shape index (κ3) is 6.05. The lowest BCUT2D eigenvalue weighted by atomic mass is 9.92. The summed E-state index contributed by atoms with van der Waals surface area (Å²) in [4.78, 5) is 26.7. The number of nitrogens with one attached hydrogen (secondary N) is 3. The molecule has 5 N–H and O–H groups in total. The van der Waals surface area contributed by atoms with Gasteiger partial charge in [0.05, 0.1) is 6.54 Å². The molecule has 1 aliphatic rings. The molecule has 27 heavy (non-hydrogen) atoms. The minimum atomic E-state index is -4.67. The van der Waals surface area contributed by atoms with Crippen molar-refractivity contribution in [1.29, 1.82) is 5.41 Å². The number of carbonyl (C=O) groups is 2. The molecule has 0 atom stereocenters. The Hall–Kier alpha value is -2.43. The van der Waals surface area contributed by atoms with Crippen molar-refractivity contribution in [2.45, 2.75) is 44.8 Å². The summed E-state index contributed by atoms with van der Waals surface area (Å²) in [5.41, 5.74) is 4.25. The molecule has 2 rings (SSSR count). The number of carbonyl (C=O) groups excluding carboxylic acids is 2. The van der Waals surface area contributed by atoms with E-state index in [1.807, 2.05) is 0 Å². The number of nitrogens with two attached hydrogens (primary N) is 1. The monoisotopic (exact) mass is 403 g/mol. The summed E-state index contributed by atoms with van der Waals surface area (Å²) >= 11 is 1.20. The number of alkyl halides is 3. The molecule has 1 aliphatic carbocycles. The van der Waals surface area contributed by atoms with Crippen molar-refractivity contribution in [3.8, 4) is 0 Å². The Morgan fingerprint density at radius 3 is 2.67 bits per heavy atom. The molecule has 0 radical (unpaired) electrons. The van der Waals surface area contributed by atoms with Gasteiger partial charge in [-0.3, -0.25) is 15.0 Å². The van der Waals surface area contributed by atoms with Crippen molar-refractivity contribution in [1.82, 2.24) is 15.6 Å². The van der Waals surface area contributed by atoms with Crippen LogP contribution in [0.5, 0.6) is 0 Å². The average molecular weight is 403 g/mol. The minimum absolute atomic E-state index is 0.00488. The molecule has 0 aromatic carbocycles. The Kier molecular flexibility index (Phi) is 6.94. The molecule has 11 heteroatoms. The average Bonchev–Trinajstić information content (AvgIpc) is 3.07. The number of thiazole rings is 1. The van der Waals surface area contributed by atoms with Gasteiger partial charge in [0.25, 0.3) is 5.91 Å². The van der Waals surface area contributed by atoms with Gasteiger partial charge in [-0.15, -0.1) is 11.3 Å². The first-order chi connectivity index (χ1) is 12.7. The van der Waals surface area contributed by atoms with E-state index < -0.39 is 23.7 Å². The van der Waals surface area contributed by atoms with E-state index in [-0.39, 0.29) is 37.2 Å². The Balaban J connectivity index is 1.98. The highest BCUT2D eigenvalue weighted by Crippen LogP contribution is 2.30. The maximum atomic E-state index is 12.8. The second-order valence-corrected chi connectivity index (χ2v) is 6.93. The number of halogens is 3. The van der Waals surface area contributed by atoms with E-state index in [4.69, 9.17) is 11.1 Å². The minimum Gasteiger partial charge on any atom is -0.382 e. The van der Waals surface area contributed by atoms with Crippen LogP contribution in [0.3, 0.4) is 0 Å². The zero-order valence-electron chi connectivity index (χ0n) is 14.4. The normalized spacial score (nSPS) is 14.8. The molecular weight excluding hydrogens is 383 g/mol. The van der Waals surface area contributed by atoms with Crippen molar-refractivity contribution in [2.24, 2.45) is 5.73 Å². The van der Waals surface area contributed by atoms with Gasteiger partial charge in [-0.05, 0) is 25.7 Å². The number of hydrogen-bond acceptors (Lipinski definition) is 6. The maximum Gasteiger partial charge on any atom is 0.432 e. The summed E-state index contributed by atoms with van der Waals surface area (Å²) in [5, 5.41) is 14.9. The number of hydrogen-bond donors (Lipinski definition) is 4. The number of amides is 2. The quantitative estimate of drug-likeness (QED) is 0.498. The number of aromatic nitrogens is 1. The van der Waals surface area contributed by atoms with E-state index in [0.29, 0.717) is 23.5 Å². The molecule has 2 amide bonds. The number of allylic oxidation sites excluding steroid dienone is 2. The summed E-state index contributed by atoms with van der Waals surface area (Å²) in [7, 11) is 0. The van der Waals surface area contributed by atoms with Crippen LogP contribution in [-0.2, 0) is 11.3 Å². The van der Waals surface area contributed by atoms with Crippen LogP contribution < -0.4 is 16.4 Å². The summed E-state index contributed by atoms with van der Waals surface area (Å²) in [6.07, 6.45) is -2.62. The van der Waals surface area contributed by atoms with Gasteiger partial charge in [-0.1, -0.05) is 0 Å². The highest BCUT2D eigenvalue weighted by molar-refractivity contribution is 7.09. The molecule has 0 unspecified atom stereocenters. The van der Waals surface area contributed by atoms with E-state index in [0.717, 1.165) is 6.42 Å². The molecule has 0 spiro atoms. The Labute approximate surface area is 157 Å². The molecule has 148 valence electrons. The largest absolute Gasteiger partial charge is 0.432 e. The lowest BCUT2D eigenvalue weighted by molar-refractivity contribution is -0.117. The Morgan fingerprint density at radius 2 is 2.00 bits per heavy atom. The SMILES string of the molecule is N=C(C1=C(NCc2nc(C(=O)NCCC(N)=O)cs2)CCCC1)C(F)(F)F. The molecule has 0 fully saturated rings. The van der Waals surface area contributed by atoms with Gasteiger partial charge < -0.3 is 16.4 Å². The van der Waals surface area contributed by atoms with Crippen molar-refractivity contribution < 1.29 is 22.8 Å². The van der Waals surface area contributed by atoms with Gasteiger partial charge in [0, 0.05) is 29.6 Å². The van der Waals surface area contributed by atoms with Gasteiger partial charge in [-0.25, -0.2) is 4.98 Å². The van der Waals surface area contributed by atoms with Crippen LogP contribution in [0.2, 0.25) is 0 Å². The maximum absolute atomic E-state index is 12.8. The Morgan fingerprint density at radius 1 is 1.30 bits per heavy atom. The van der Waals surface area contributed by atoms with E-state index in [2.05, 4.69) is 15.6 Å². The molecule has 7 nitrogen and oxygen atoms in total. The fraction of sp³-hybridized carbons (Fsp3) is 0.500. The van der Waals surface area contributed by atoms with Crippen LogP contribution in [0, 0.1) is 5.41 Å². The molecule has 0 saturated carbocycles. The molecule has 1 heterocycles. The van der Waals surface area contributed by atoms with E-state index in [1.54, 1.807) is 0 Å². The molecule has 0 saturated heterocycles. The van der Waals surface area contributed by atoms with Crippen LogP contribution in [0.4, 0.5) is 13.2 Å². The Bertz CT molecular complexity index is 757. The smallest absolute Gasteiger partial charge is 0.382 e. The van der Waals surface area contributed by atoms with Crippen LogP contribution >= 0.6 is 11.3 Å². The fourth-order valence-electron chi connectivity index (χ4n) is 2.62. The summed E-state index contributed by atoms with van der Waals surface area (Å²) in [5.74, 6) is -0.977. The van der Waals surface area contributed by atoms with E-state index >= 15 is 0 Å². The molecule has 0 aliphatic heterocycles. The number of primary amides is 1. The third-order valence-corrected chi connectivity index (χ3v) is 4.80. The number of nitrogens with zero attached hydrogens (tertiary/aromatic N) is 1. The van der Waals surface area contributed by atoms with E-state index in [1.165, 1.54) is 16.7 Å². The van der Waals surface area contributed by atoms with Gasteiger partial charge >= 0.3 is 6.18 Å². The summed E-state index contributed by atoms with van der Waals surface area (Å²) in [6, 6.07) is 0. The fourth-order valence-corrected chi connectivity index (χ4v) is 3.33. The predicted octanol–water partition coefficient (Wildman–Crippen LogP) is 2.25. The van der Waals surface area contributed by atoms with Gasteiger partial charge in [-0.2, -0.15) is 13.2 Å². The summed E-state index contributed by atoms with van der Waals surface area (Å²) in [6.45, 7) is 0.276. The zero-order valence-corrected chi connectivity index (χ0v) is 15.2. The van der Waals surface area contributed by atoms with Crippen molar-refractivity contribution in [3.05, 3.63) is 27.4 Å². The van der Waals surface area contributed by atoms with Gasteiger partial charge in [0.15, 0.2) is 0 Å². The van der Waals surface area contributed by atoms with Crippen LogP contribution in [0.15, 0.2) is 16.7 Å². The lowest BCUT2D eigenvalue weighted by Crippen LogP contribution is -2.29. The molecule has 1 aromatic heterocycles.